The van der Waals surface area contributed by atoms with Crippen molar-refractivity contribution in [1.82, 2.24) is 0 Å². The van der Waals surface area contributed by atoms with Crippen molar-refractivity contribution in [2.75, 3.05) is 11.4 Å². The number of carbonyl (C=O) groups excluding carboxylic acids is 1. The van der Waals surface area contributed by atoms with E-state index in [1.807, 2.05) is 6.07 Å². The second-order valence-electron chi connectivity index (χ2n) is 3.71. The van der Waals surface area contributed by atoms with Crippen molar-refractivity contribution >= 4 is 17.3 Å². The maximum atomic E-state index is 11.7. The van der Waals surface area contributed by atoms with E-state index in [0.29, 0.717) is 12.1 Å². The van der Waals surface area contributed by atoms with Gasteiger partial charge in [0.25, 0.3) is 0 Å². The molecule has 1 aliphatic rings. The van der Waals surface area contributed by atoms with E-state index in [0.717, 1.165) is 25.1 Å². The molecule has 1 heterocycles. The first-order chi connectivity index (χ1) is 7.81. The molecule has 1 fully saturated rings. The van der Waals surface area contributed by atoms with E-state index in [9.17, 15) is 4.79 Å². The molecule has 1 amide bonds. The maximum absolute atomic E-state index is 11.7. The maximum Gasteiger partial charge on any atom is 0.226 e. The molecule has 1 aromatic carbocycles. The topological polar surface area (TPSA) is 69.1 Å². The molecule has 5 heteroatoms. The number of amides is 1. The summed E-state index contributed by atoms with van der Waals surface area (Å²) in [6.45, 7) is 0.749. The molecule has 82 valence electrons. The Morgan fingerprint density at radius 3 is 3.00 bits per heavy atom. The van der Waals surface area contributed by atoms with Crippen LogP contribution in [0.3, 0.4) is 0 Å². The number of nitrogens with zero attached hydrogens (tertiary/aromatic N) is 4. The summed E-state index contributed by atoms with van der Waals surface area (Å²) in [5, 5.41) is 3.53. The SMILES string of the molecule is [N-]=[N+]=Nc1cccc(N2CCCCC2=O)c1. The van der Waals surface area contributed by atoms with Crippen LogP contribution in [0.5, 0.6) is 0 Å². The van der Waals surface area contributed by atoms with Gasteiger partial charge in [-0.25, -0.2) is 0 Å². The molecule has 0 spiro atoms. The molecule has 0 atom stereocenters. The zero-order valence-electron chi connectivity index (χ0n) is 8.83. The van der Waals surface area contributed by atoms with Gasteiger partial charge in [0.05, 0.1) is 0 Å². The lowest BCUT2D eigenvalue weighted by molar-refractivity contribution is -0.119. The summed E-state index contributed by atoms with van der Waals surface area (Å²) in [6.07, 6.45) is 2.59. The molecule has 0 saturated carbocycles. The number of azide groups is 1. The number of anilines is 1. The highest BCUT2D eigenvalue weighted by Crippen LogP contribution is 2.25. The third kappa shape index (κ3) is 2.15. The number of rotatable bonds is 2. The molecular weight excluding hydrogens is 204 g/mol. The average molecular weight is 216 g/mol. The van der Waals surface area contributed by atoms with Crippen molar-refractivity contribution < 1.29 is 4.79 Å². The third-order valence-corrected chi connectivity index (χ3v) is 2.63. The lowest BCUT2D eigenvalue weighted by Gasteiger charge is -2.26. The van der Waals surface area contributed by atoms with Crippen molar-refractivity contribution in [2.24, 2.45) is 5.11 Å². The van der Waals surface area contributed by atoms with Crippen molar-refractivity contribution in [2.45, 2.75) is 19.3 Å². The fourth-order valence-electron chi connectivity index (χ4n) is 1.85. The fourth-order valence-corrected chi connectivity index (χ4v) is 1.85. The Kier molecular flexibility index (Phi) is 3.08. The molecular formula is C11H12N4O. The number of hydrogen-bond donors (Lipinski definition) is 0. The van der Waals surface area contributed by atoms with Crippen LogP contribution in [-0.2, 0) is 4.79 Å². The lowest BCUT2D eigenvalue weighted by atomic mass is 10.1. The minimum absolute atomic E-state index is 0.143. The zero-order chi connectivity index (χ0) is 11.4. The molecule has 1 aliphatic heterocycles. The lowest BCUT2D eigenvalue weighted by Crippen LogP contribution is -2.35. The Morgan fingerprint density at radius 2 is 2.25 bits per heavy atom. The zero-order valence-corrected chi connectivity index (χ0v) is 8.83. The molecule has 2 rings (SSSR count). The van der Waals surface area contributed by atoms with Gasteiger partial charge in [0.15, 0.2) is 0 Å². The van der Waals surface area contributed by atoms with Crippen LogP contribution in [0, 0.1) is 0 Å². The van der Waals surface area contributed by atoms with E-state index in [1.54, 1.807) is 23.1 Å². The van der Waals surface area contributed by atoms with Gasteiger partial charge in [0.2, 0.25) is 5.91 Å². The highest BCUT2D eigenvalue weighted by atomic mass is 16.2. The summed E-state index contributed by atoms with van der Waals surface area (Å²) in [7, 11) is 0. The molecule has 0 radical (unpaired) electrons. The summed E-state index contributed by atoms with van der Waals surface area (Å²) in [5.41, 5.74) is 9.71. The van der Waals surface area contributed by atoms with Crippen LogP contribution in [0.4, 0.5) is 11.4 Å². The highest BCUT2D eigenvalue weighted by Gasteiger charge is 2.19. The van der Waals surface area contributed by atoms with E-state index in [4.69, 9.17) is 5.53 Å². The van der Waals surface area contributed by atoms with Crippen LogP contribution in [0.15, 0.2) is 29.4 Å². The van der Waals surface area contributed by atoms with Gasteiger partial charge in [-0.15, -0.1) is 0 Å². The molecule has 1 aromatic rings. The van der Waals surface area contributed by atoms with E-state index >= 15 is 0 Å². The van der Waals surface area contributed by atoms with Gasteiger partial charge >= 0.3 is 0 Å². The minimum atomic E-state index is 0.143. The van der Waals surface area contributed by atoms with Gasteiger partial charge in [0.1, 0.15) is 0 Å². The van der Waals surface area contributed by atoms with E-state index in [2.05, 4.69) is 10.0 Å². The van der Waals surface area contributed by atoms with Gasteiger partial charge in [-0.05, 0) is 30.5 Å². The quantitative estimate of drug-likeness (QED) is 0.425. The Morgan fingerprint density at radius 1 is 1.38 bits per heavy atom. The number of carbonyl (C=O) groups is 1. The Hall–Kier alpha value is -2.00. The Labute approximate surface area is 93.3 Å². The second kappa shape index (κ2) is 4.68. The van der Waals surface area contributed by atoms with Crippen molar-refractivity contribution in [3.05, 3.63) is 34.7 Å². The van der Waals surface area contributed by atoms with Crippen LogP contribution in [0.2, 0.25) is 0 Å². The van der Waals surface area contributed by atoms with Crippen molar-refractivity contribution in [1.29, 1.82) is 0 Å². The normalized spacial score (nSPS) is 15.8. The van der Waals surface area contributed by atoms with Crippen LogP contribution in [0.1, 0.15) is 19.3 Å². The molecule has 0 aromatic heterocycles. The average Bonchev–Trinajstić information content (AvgIpc) is 2.30. The summed E-state index contributed by atoms with van der Waals surface area (Å²) >= 11 is 0. The Bertz CT molecular complexity index is 451. The third-order valence-electron chi connectivity index (χ3n) is 2.63. The molecule has 16 heavy (non-hydrogen) atoms. The van der Waals surface area contributed by atoms with Crippen LogP contribution >= 0.6 is 0 Å². The van der Waals surface area contributed by atoms with Gasteiger partial charge in [-0.2, -0.15) is 0 Å². The first-order valence-corrected chi connectivity index (χ1v) is 5.27. The summed E-state index contributed by atoms with van der Waals surface area (Å²) in [5.74, 6) is 0.143. The van der Waals surface area contributed by atoms with Crippen molar-refractivity contribution in [3.63, 3.8) is 0 Å². The monoisotopic (exact) mass is 216 g/mol. The standard InChI is InChI=1S/C11H12N4O/c12-14-13-9-4-3-5-10(8-9)15-7-2-1-6-11(15)16/h3-5,8H,1-2,6-7H2. The largest absolute Gasteiger partial charge is 0.312 e. The molecule has 5 nitrogen and oxygen atoms in total. The molecule has 0 N–H and O–H groups in total. The smallest absolute Gasteiger partial charge is 0.226 e. The van der Waals surface area contributed by atoms with Gasteiger partial charge < -0.3 is 4.90 Å². The number of hydrogen-bond acceptors (Lipinski definition) is 2. The van der Waals surface area contributed by atoms with E-state index in [-0.39, 0.29) is 5.91 Å². The predicted molar refractivity (Wildman–Crippen MR) is 61.5 cm³/mol. The Balaban J connectivity index is 2.28. The van der Waals surface area contributed by atoms with Gasteiger partial charge in [-0.3, -0.25) is 4.79 Å². The first-order valence-electron chi connectivity index (χ1n) is 5.27. The van der Waals surface area contributed by atoms with Gasteiger partial charge in [-0.1, -0.05) is 17.2 Å². The van der Waals surface area contributed by atoms with Crippen molar-refractivity contribution in [3.8, 4) is 0 Å². The molecule has 0 aliphatic carbocycles. The van der Waals surface area contributed by atoms with E-state index < -0.39 is 0 Å². The summed E-state index contributed by atoms with van der Waals surface area (Å²) in [4.78, 5) is 16.2. The van der Waals surface area contributed by atoms with Gasteiger partial charge in [0, 0.05) is 29.3 Å². The first kappa shape index (κ1) is 10.5. The summed E-state index contributed by atoms with van der Waals surface area (Å²) in [6, 6.07) is 7.11. The highest BCUT2D eigenvalue weighted by molar-refractivity contribution is 5.94. The minimum Gasteiger partial charge on any atom is -0.312 e. The predicted octanol–water partition coefficient (Wildman–Crippen LogP) is 3.15. The number of piperidine rings is 1. The summed E-state index contributed by atoms with van der Waals surface area (Å²) < 4.78 is 0. The number of benzene rings is 1. The molecule has 1 saturated heterocycles. The van der Waals surface area contributed by atoms with Crippen LogP contribution in [0.25, 0.3) is 10.4 Å². The molecule has 0 bridgehead atoms. The van der Waals surface area contributed by atoms with Crippen LogP contribution < -0.4 is 4.90 Å². The van der Waals surface area contributed by atoms with Crippen LogP contribution in [-0.4, -0.2) is 12.5 Å². The molecule has 0 unspecified atom stereocenters. The fraction of sp³-hybridized carbons (Fsp3) is 0.364. The second-order valence-corrected chi connectivity index (χ2v) is 3.71. The van der Waals surface area contributed by atoms with E-state index in [1.165, 1.54) is 0 Å².